The molecule has 38 heavy (non-hydrogen) atoms. The van der Waals surface area contributed by atoms with Crippen molar-refractivity contribution in [1.82, 2.24) is 20.4 Å². The number of likely N-dealkylation sites (N-methyl/N-ethyl adjacent to an activating group) is 1. The van der Waals surface area contributed by atoms with Crippen LogP contribution in [0.4, 0.5) is 5.69 Å². The zero-order valence-electron chi connectivity index (χ0n) is 20.2. The second-order valence-corrected chi connectivity index (χ2v) is 10.3. The van der Waals surface area contributed by atoms with E-state index in [0.717, 1.165) is 20.1 Å². The zero-order chi connectivity index (χ0) is 27.2. The van der Waals surface area contributed by atoms with Gasteiger partial charge < -0.3 is 10.6 Å². The van der Waals surface area contributed by atoms with E-state index in [1.165, 1.54) is 23.9 Å². The second-order valence-electron chi connectivity index (χ2n) is 8.45. The molecule has 194 valence electrons. The maximum atomic E-state index is 13.6. The maximum Gasteiger partial charge on any atom is 0.278 e. The van der Waals surface area contributed by atoms with Gasteiger partial charge in [-0.2, -0.15) is 5.10 Å². The van der Waals surface area contributed by atoms with E-state index in [1.54, 1.807) is 18.2 Å². The highest BCUT2D eigenvalue weighted by Crippen LogP contribution is 2.29. The van der Waals surface area contributed by atoms with Gasteiger partial charge in [0, 0.05) is 28.5 Å². The lowest BCUT2D eigenvalue weighted by molar-refractivity contribution is -0.384. The summed E-state index contributed by atoms with van der Waals surface area (Å²) in [5.74, 6) is -0.878. The molecule has 0 bridgehead atoms. The third kappa shape index (κ3) is 6.53. The number of nitro groups is 1. The molecule has 0 aliphatic rings. The molecular weight excluding hydrogens is 618 g/mol. The first-order chi connectivity index (χ1) is 18.2. The number of benzene rings is 3. The summed E-state index contributed by atoms with van der Waals surface area (Å²) in [4.78, 5) is 37.4. The molecule has 2 amide bonds. The molecule has 1 unspecified atom stereocenters. The third-order valence-corrected chi connectivity index (χ3v) is 6.79. The van der Waals surface area contributed by atoms with E-state index in [1.807, 2.05) is 48.5 Å². The number of halogens is 2. The van der Waals surface area contributed by atoms with Gasteiger partial charge in [-0.05, 0) is 47.5 Å². The van der Waals surface area contributed by atoms with Crippen molar-refractivity contribution in [2.24, 2.45) is 0 Å². The lowest BCUT2D eigenvalue weighted by atomic mass is 10.0. The monoisotopic (exact) mass is 639 g/mol. The number of carbonyl (C=O) groups is 2. The van der Waals surface area contributed by atoms with Crippen LogP contribution in [0.25, 0.3) is 11.3 Å². The van der Waals surface area contributed by atoms with Crippen LogP contribution >= 0.6 is 31.9 Å². The van der Waals surface area contributed by atoms with Crippen LogP contribution in [0.1, 0.15) is 21.6 Å². The summed E-state index contributed by atoms with van der Waals surface area (Å²) in [6, 6.07) is 21.9. The molecule has 2 N–H and O–H groups in total. The molecule has 0 saturated heterocycles. The number of carbonyl (C=O) groups excluding carboxylic acids is 2. The van der Waals surface area contributed by atoms with E-state index in [0.29, 0.717) is 0 Å². The van der Waals surface area contributed by atoms with Crippen LogP contribution < -0.4 is 10.6 Å². The minimum absolute atomic E-state index is 0.121. The summed E-state index contributed by atoms with van der Waals surface area (Å²) in [5, 5.41) is 21.6. The molecule has 0 saturated carbocycles. The fourth-order valence-electron chi connectivity index (χ4n) is 4.02. The van der Waals surface area contributed by atoms with Crippen molar-refractivity contribution < 1.29 is 14.5 Å². The van der Waals surface area contributed by atoms with Crippen molar-refractivity contribution in [2.45, 2.75) is 19.0 Å². The van der Waals surface area contributed by atoms with Crippen molar-refractivity contribution in [3.05, 3.63) is 115 Å². The van der Waals surface area contributed by atoms with Gasteiger partial charge in [0.15, 0.2) is 0 Å². The molecule has 0 aliphatic carbocycles. The van der Waals surface area contributed by atoms with Crippen molar-refractivity contribution >= 4 is 49.4 Å². The Kier molecular flexibility index (Phi) is 8.70. The van der Waals surface area contributed by atoms with Crippen LogP contribution in [0.3, 0.4) is 0 Å². The van der Waals surface area contributed by atoms with Gasteiger partial charge >= 0.3 is 0 Å². The molecule has 0 fully saturated rings. The lowest BCUT2D eigenvalue weighted by Gasteiger charge is -2.18. The van der Waals surface area contributed by atoms with Gasteiger partial charge in [-0.3, -0.25) is 24.4 Å². The highest BCUT2D eigenvalue weighted by molar-refractivity contribution is 9.10. The predicted octanol–water partition coefficient (Wildman–Crippen LogP) is 5.12. The van der Waals surface area contributed by atoms with Crippen molar-refractivity contribution in [2.75, 3.05) is 7.05 Å². The van der Waals surface area contributed by atoms with Crippen molar-refractivity contribution in [1.29, 1.82) is 0 Å². The van der Waals surface area contributed by atoms with Gasteiger partial charge in [0.1, 0.15) is 17.4 Å². The Morgan fingerprint density at radius 2 is 1.63 bits per heavy atom. The molecule has 1 heterocycles. The van der Waals surface area contributed by atoms with E-state index >= 15 is 0 Å². The number of nitrogens with zero attached hydrogens (tertiary/aromatic N) is 3. The van der Waals surface area contributed by atoms with Crippen LogP contribution in [0.5, 0.6) is 0 Å². The summed E-state index contributed by atoms with van der Waals surface area (Å²) in [5.41, 5.74) is 2.34. The minimum atomic E-state index is -0.856. The van der Waals surface area contributed by atoms with Crippen molar-refractivity contribution in [3.63, 3.8) is 0 Å². The van der Waals surface area contributed by atoms with Gasteiger partial charge in [0.05, 0.1) is 17.0 Å². The molecule has 0 radical (unpaired) electrons. The summed E-state index contributed by atoms with van der Waals surface area (Å²) >= 11 is 6.88. The van der Waals surface area contributed by atoms with Crippen molar-refractivity contribution in [3.8, 4) is 11.3 Å². The molecule has 9 nitrogen and oxygen atoms in total. The fraction of sp³-hybridized carbons (Fsp3) is 0.148. The molecule has 4 rings (SSSR count). The first-order valence-corrected chi connectivity index (χ1v) is 13.2. The molecule has 4 aromatic rings. The molecule has 11 heteroatoms. The zero-order valence-corrected chi connectivity index (χ0v) is 23.4. The number of rotatable bonds is 9. The van der Waals surface area contributed by atoms with E-state index in [9.17, 15) is 19.7 Å². The first-order valence-electron chi connectivity index (χ1n) is 11.6. The van der Waals surface area contributed by atoms with Gasteiger partial charge in [0.25, 0.3) is 11.6 Å². The standard InChI is InChI=1S/C27H23Br2N5O4/c1-30-26(35)23(14-17-6-4-8-19(28)12-17)31-27(36)25-15-22(21-10-2-3-11-24(21)34(37)38)32-33(25)16-18-7-5-9-20(29)13-18/h2-13,15,23H,14,16H2,1H3,(H,30,35)(H,31,36). The summed E-state index contributed by atoms with van der Waals surface area (Å²) in [6.07, 6.45) is 0.266. The Labute approximate surface area is 235 Å². The van der Waals surface area contributed by atoms with Crippen LogP contribution in [-0.2, 0) is 17.8 Å². The highest BCUT2D eigenvalue weighted by atomic mass is 79.9. The highest BCUT2D eigenvalue weighted by Gasteiger charge is 2.26. The number of nitrogens with one attached hydrogen (secondary N) is 2. The van der Waals surface area contributed by atoms with Crippen LogP contribution in [0.15, 0.2) is 87.8 Å². The molecule has 1 aromatic heterocycles. The second kappa shape index (κ2) is 12.1. The Morgan fingerprint density at radius 1 is 0.974 bits per heavy atom. The Morgan fingerprint density at radius 3 is 2.29 bits per heavy atom. The molecular formula is C27H23Br2N5O4. The molecule has 1 atom stereocenters. The summed E-state index contributed by atoms with van der Waals surface area (Å²) in [7, 11) is 1.51. The average Bonchev–Trinajstić information content (AvgIpc) is 3.31. The Bertz CT molecular complexity index is 1500. The first kappa shape index (κ1) is 27.2. The SMILES string of the molecule is CNC(=O)C(Cc1cccc(Br)c1)NC(=O)c1cc(-c2ccccc2[N+](=O)[O-])nn1Cc1cccc(Br)c1. The van der Waals surface area contributed by atoms with Gasteiger partial charge in [0.2, 0.25) is 5.91 Å². The summed E-state index contributed by atoms with van der Waals surface area (Å²) < 4.78 is 3.21. The van der Waals surface area contributed by atoms with Crippen LogP contribution in [0.2, 0.25) is 0 Å². The number of para-hydroxylation sites is 1. The van der Waals surface area contributed by atoms with Gasteiger partial charge in [-0.15, -0.1) is 0 Å². The van der Waals surface area contributed by atoms with Gasteiger partial charge in [-0.25, -0.2) is 0 Å². The van der Waals surface area contributed by atoms with Crippen LogP contribution in [-0.4, -0.2) is 39.6 Å². The number of nitro benzene ring substituents is 1. The van der Waals surface area contributed by atoms with Crippen LogP contribution in [0, 0.1) is 10.1 Å². The topological polar surface area (TPSA) is 119 Å². The lowest BCUT2D eigenvalue weighted by Crippen LogP contribution is -2.47. The number of hydrogen-bond donors (Lipinski definition) is 2. The smallest absolute Gasteiger partial charge is 0.278 e. The maximum absolute atomic E-state index is 13.6. The van der Waals surface area contributed by atoms with E-state index < -0.39 is 16.9 Å². The quantitative estimate of drug-likeness (QED) is 0.194. The summed E-state index contributed by atoms with van der Waals surface area (Å²) in [6.45, 7) is 0.235. The van der Waals surface area contributed by atoms with E-state index in [4.69, 9.17) is 0 Å². The normalized spacial score (nSPS) is 11.6. The third-order valence-electron chi connectivity index (χ3n) is 5.81. The number of hydrogen-bond acceptors (Lipinski definition) is 5. The molecule has 0 aliphatic heterocycles. The average molecular weight is 641 g/mol. The Balaban J connectivity index is 1.72. The van der Waals surface area contributed by atoms with Gasteiger partial charge in [-0.1, -0.05) is 68.3 Å². The van der Waals surface area contributed by atoms with E-state index in [-0.39, 0.29) is 41.5 Å². The number of amides is 2. The van der Waals surface area contributed by atoms with E-state index in [2.05, 4.69) is 47.6 Å². The predicted molar refractivity (Wildman–Crippen MR) is 151 cm³/mol. The largest absolute Gasteiger partial charge is 0.357 e. The Hall–Kier alpha value is -3.83. The number of aromatic nitrogens is 2. The molecule has 0 spiro atoms. The fourth-order valence-corrected chi connectivity index (χ4v) is 4.92. The molecule has 3 aromatic carbocycles. The minimum Gasteiger partial charge on any atom is -0.357 e.